The minimum absolute atomic E-state index is 0.444. The SMILES string of the molecule is COC(=O)C(=O)Nc1ccc2ncoc2c1. The Morgan fingerprint density at radius 3 is 3.00 bits per heavy atom. The molecule has 0 radical (unpaired) electrons. The maximum atomic E-state index is 11.2. The quantitative estimate of drug-likeness (QED) is 0.571. The number of aromatic nitrogens is 1. The lowest BCUT2D eigenvalue weighted by molar-refractivity contribution is -0.150. The second-order valence-electron chi connectivity index (χ2n) is 2.98. The van der Waals surface area contributed by atoms with E-state index >= 15 is 0 Å². The Morgan fingerprint density at radius 1 is 1.44 bits per heavy atom. The van der Waals surface area contributed by atoms with E-state index in [9.17, 15) is 9.59 Å². The highest BCUT2D eigenvalue weighted by Gasteiger charge is 2.13. The predicted octanol–water partition coefficient (Wildman–Crippen LogP) is 0.939. The molecule has 0 fully saturated rings. The summed E-state index contributed by atoms with van der Waals surface area (Å²) in [5, 5.41) is 2.37. The lowest BCUT2D eigenvalue weighted by Gasteiger charge is -2.02. The Labute approximate surface area is 90.2 Å². The van der Waals surface area contributed by atoms with Gasteiger partial charge in [-0.25, -0.2) is 9.78 Å². The maximum Gasteiger partial charge on any atom is 0.396 e. The largest absolute Gasteiger partial charge is 0.462 e. The highest BCUT2D eigenvalue weighted by molar-refractivity contribution is 6.37. The van der Waals surface area contributed by atoms with Gasteiger partial charge in [-0.2, -0.15) is 0 Å². The van der Waals surface area contributed by atoms with Crippen LogP contribution in [-0.2, 0) is 14.3 Å². The Balaban J connectivity index is 2.21. The summed E-state index contributed by atoms with van der Waals surface area (Å²) in [6, 6.07) is 4.86. The van der Waals surface area contributed by atoms with Crippen molar-refractivity contribution in [2.45, 2.75) is 0 Å². The van der Waals surface area contributed by atoms with Crippen LogP contribution in [0.4, 0.5) is 5.69 Å². The van der Waals surface area contributed by atoms with E-state index in [1.807, 2.05) is 0 Å². The van der Waals surface area contributed by atoms with Crippen LogP contribution in [-0.4, -0.2) is 24.0 Å². The molecule has 0 bridgehead atoms. The number of benzene rings is 1. The summed E-state index contributed by atoms with van der Waals surface area (Å²) in [4.78, 5) is 26.0. The molecule has 1 aromatic carbocycles. The van der Waals surface area contributed by atoms with E-state index in [-0.39, 0.29) is 0 Å². The van der Waals surface area contributed by atoms with Crippen molar-refractivity contribution in [3.8, 4) is 0 Å². The standard InChI is InChI=1S/C10H8N2O4/c1-15-10(14)9(13)12-6-2-3-7-8(4-6)16-5-11-7/h2-5H,1H3,(H,12,13). The highest BCUT2D eigenvalue weighted by Crippen LogP contribution is 2.17. The van der Waals surface area contributed by atoms with E-state index in [0.29, 0.717) is 16.8 Å². The molecule has 0 aliphatic heterocycles. The molecular formula is C10H8N2O4. The van der Waals surface area contributed by atoms with Crippen molar-refractivity contribution in [1.82, 2.24) is 4.98 Å². The van der Waals surface area contributed by atoms with Gasteiger partial charge in [0.05, 0.1) is 7.11 Å². The third-order valence-corrected chi connectivity index (χ3v) is 1.96. The third-order valence-electron chi connectivity index (χ3n) is 1.96. The van der Waals surface area contributed by atoms with E-state index in [1.165, 1.54) is 6.39 Å². The number of hydrogen-bond acceptors (Lipinski definition) is 5. The van der Waals surface area contributed by atoms with Crippen molar-refractivity contribution in [1.29, 1.82) is 0 Å². The van der Waals surface area contributed by atoms with Gasteiger partial charge in [0, 0.05) is 11.8 Å². The summed E-state index contributed by atoms with van der Waals surface area (Å²) in [7, 11) is 1.14. The van der Waals surface area contributed by atoms with Gasteiger partial charge in [0.15, 0.2) is 12.0 Å². The number of hydrogen-bond donors (Lipinski definition) is 1. The zero-order chi connectivity index (χ0) is 11.5. The molecule has 82 valence electrons. The summed E-state index contributed by atoms with van der Waals surface area (Å²) >= 11 is 0. The van der Waals surface area contributed by atoms with Gasteiger partial charge in [-0.05, 0) is 12.1 Å². The van der Waals surface area contributed by atoms with E-state index in [0.717, 1.165) is 7.11 Å². The van der Waals surface area contributed by atoms with Gasteiger partial charge in [0.1, 0.15) is 5.52 Å². The van der Waals surface area contributed by atoms with Crippen LogP contribution in [0.3, 0.4) is 0 Å². The van der Waals surface area contributed by atoms with Gasteiger partial charge in [-0.1, -0.05) is 0 Å². The van der Waals surface area contributed by atoms with E-state index in [2.05, 4.69) is 15.0 Å². The van der Waals surface area contributed by atoms with Gasteiger partial charge in [-0.15, -0.1) is 0 Å². The summed E-state index contributed by atoms with van der Waals surface area (Å²) in [6.07, 6.45) is 1.30. The van der Waals surface area contributed by atoms with Crippen LogP contribution in [0, 0.1) is 0 Å². The molecule has 0 aliphatic carbocycles. The average molecular weight is 220 g/mol. The summed E-state index contributed by atoms with van der Waals surface area (Å²) in [5.74, 6) is -1.78. The van der Waals surface area contributed by atoms with Crippen LogP contribution in [0.1, 0.15) is 0 Å². The van der Waals surface area contributed by atoms with E-state index in [1.54, 1.807) is 18.2 Å². The number of oxazole rings is 1. The fourth-order valence-electron chi connectivity index (χ4n) is 1.21. The number of ether oxygens (including phenoxy) is 1. The summed E-state index contributed by atoms with van der Waals surface area (Å²) in [6.45, 7) is 0. The van der Waals surface area contributed by atoms with Crippen LogP contribution in [0.15, 0.2) is 29.0 Å². The number of amides is 1. The smallest absolute Gasteiger partial charge is 0.396 e. The minimum atomic E-state index is -0.947. The Bertz CT molecular complexity index is 546. The normalized spacial score (nSPS) is 10.1. The fraction of sp³-hybridized carbons (Fsp3) is 0.100. The van der Waals surface area contributed by atoms with Crippen LogP contribution in [0.5, 0.6) is 0 Å². The molecule has 1 amide bonds. The first kappa shape index (κ1) is 10.2. The number of anilines is 1. The molecule has 0 atom stereocenters. The number of fused-ring (bicyclic) bond motifs is 1. The number of nitrogens with zero attached hydrogens (tertiary/aromatic N) is 1. The molecule has 1 aromatic heterocycles. The first-order valence-electron chi connectivity index (χ1n) is 4.43. The molecule has 6 heteroatoms. The third kappa shape index (κ3) is 1.85. The first-order chi connectivity index (χ1) is 7.70. The first-order valence-corrected chi connectivity index (χ1v) is 4.43. The van der Waals surface area contributed by atoms with Gasteiger partial charge in [0.2, 0.25) is 0 Å². The van der Waals surface area contributed by atoms with Gasteiger partial charge in [0.25, 0.3) is 0 Å². The molecule has 6 nitrogen and oxygen atoms in total. The van der Waals surface area contributed by atoms with E-state index in [4.69, 9.17) is 4.42 Å². The second-order valence-corrected chi connectivity index (χ2v) is 2.98. The number of rotatable bonds is 1. The van der Waals surface area contributed by atoms with Gasteiger partial charge >= 0.3 is 11.9 Å². The predicted molar refractivity (Wildman–Crippen MR) is 54.7 cm³/mol. The van der Waals surface area contributed by atoms with Crippen molar-refractivity contribution in [2.75, 3.05) is 12.4 Å². The number of methoxy groups -OCH3 is 1. The fourth-order valence-corrected chi connectivity index (χ4v) is 1.21. The highest BCUT2D eigenvalue weighted by atomic mass is 16.5. The molecule has 0 saturated carbocycles. The number of carbonyl (C=O) groups excluding carboxylic acids is 2. The molecule has 16 heavy (non-hydrogen) atoms. The van der Waals surface area contributed by atoms with Crippen molar-refractivity contribution < 1.29 is 18.7 Å². The maximum absolute atomic E-state index is 11.2. The van der Waals surface area contributed by atoms with E-state index < -0.39 is 11.9 Å². The Morgan fingerprint density at radius 2 is 2.25 bits per heavy atom. The van der Waals surface area contributed by atoms with Crippen LogP contribution < -0.4 is 5.32 Å². The molecule has 0 aliphatic rings. The van der Waals surface area contributed by atoms with Gasteiger partial charge in [-0.3, -0.25) is 4.79 Å². The summed E-state index contributed by atoms with van der Waals surface area (Å²) in [5.41, 5.74) is 1.65. The topological polar surface area (TPSA) is 81.4 Å². The van der Waals surface area contributed by atoms with Crippen molar-refractivity contribution in [2.24, 2.45) is 0 Å². The van der Waals surface area contributed by atoms with Crippen LogP contribution >= 0.6 is 0 Å². The molecule has 0 spiro atoms. The number of carbonyl (C=O) groups is 2. The molecule has 2 rings (SSSR count). The zero-order valence-corrected chi connectivity index (χ0v) is 8.39. The summed E-state index contributed by atoms with van der Waals surface area (Å²) < 4.78 is 9.32. The van der Waals surface area contributed by atoms with Gasteiger partial charge < -0.3 is 14.5 Å². The lowest BCUT2D eigenvalue weighted by atomic mass is 10.3. The molecule has 2 aromatic rings. The number of esters is 1. The monoisotopic (exact) mass is 220 g/mol. The van der Waals surface area contributed by atoms with Crippen molar-refractivity contribution >= 4 is 28.7 Å². The molecule has 0 unspecified atom stereocenters. The van der Waals surface area contributed by atoms with Crippen LogP contribution in [0.2, 0.25) is 0 Å². The minimum Gasteiger partial charge on any atom is -0.462 e. The Hall–Kier alpha value is -2.37. The average Bonchev–Trinajstić information content (AvgIpc) is 2.75. The number of nitrogens with one attached hydrogen (secondary N) is 1. The Kier molecular flexibility index (Phi) is 2.55. The molecule has 1 N–H and O–H groups in total. The lowest BCUT2D eigenvalue weighted by Crippen LogP contribution is -2.23. The zero-order valence-electron chi connectivity index (χ0n) is 8.39. The van der Waals surface area contributed by atoms with Crippen LogP contribution in [0.25, 0.3) is 11.1 Å². The molecular weight excluding hydrogens is 212 g/mol. The molecule has 1 heterocycles. The van der Waals surface area contributed by atoms with Crippen molar-refractivity contribution in [3.63, 3.8) is 0 Å². The van der Waals surface area contributed by atoms with Crippen molar-refractivity contribution in [3.05, 3.63) is 24.6 Å². The molecule has 0 saturated heterocycles. The second kappa shape index (κ2) is 4.01.